The first-order valence-electron chi connectivity index (χ1n) is 10.1. The Kier molecular flexibility index (Phi) is 10.5. The molecule has 1 aliphatic heterocycles. The van der Waals surface area contributed by atoms with Gasteiger partial charge in [0.05, 0.1) is 12.7 Å². The Morgan fingerprint density at radius 2 is 1.89 bits per heavy atom. The number of hydrogen-bond donors (Lipinski definition) is 6. The van der Waals surface area contributed by atoms with E-state index in [1.165, 1.54) is 12.3 Å². The number of ether oxygens (including phenoxy) is 1. The number of aromatic nitrogens is 2. The fourth-order valence-electron chi connectivity index (χ4n) is 2.95. The molecule has 2 unspecified atom stereocenters. The van der Waals surface area contributed by atoms with Crippen molar-refractivity contribution < 1.29 is 61.1 Å². The molecule has 0 bridgehead atoms. The molecule has 1 aromatic heterocycles. The molecule has 17 nitrogen and oxygen atoms in total. The number of aliphatic hydroxyl groups excluding tert-OH is 1. The van der Waals surface area contributed by atoms with Gasteiger partial charge in [0.1, 0.15) is 18.1 Å². The van der Waals surface area contributed by atoms with Crippen LogP contribution in [0.25, 0.3) is 0 Å². The van der Waals surface area contributed by atoms with Crippen LogP contribution in [0.15, 0.2) is 17.1 Å². The zero-order chi connectivity index (χ0) is 26.4. The van der Waals surface area contributed by atoms with Gasteiger partial charge >= 0.3 is 29.2 Å². The highest BCUT2D eigenvalue weighted by Gasteiger charge is 2.43. The highest BCUT2D eigenvalue weighted by Crippen LogP contribution is 2.66. The number of carbonyl (C=O) groups is 1. The van der Waals surface area contributed by atoms with Crippen molar-refractivity contribution in [2.45, 2.75) is 57.5 Å². The van der Waals surface area contributed by atoms with Crippen LogP contribution in [0, 0.1) is 0 Å². The summed E-state index contributed by atoms with van der Waals surface area (Å²) in [6, 6.07) is 1.34. The molecule has 1 amide bonds. The number of aliphatic hydroxyl groups is 1. The number of rotatable bonds is 13. The Morgan fingerprint density at radius 1 is 1.20 bits per heavy atom. The van der Waals surface area contributed by atoms with Crippen molar-refractivity contribution in [1.29, 1.82) is 0 Å². The van der Waals surface area contributed by atoms with Crippen LogP contribution < -0.4 is 11.0 Å². The van der Waals surface area contributed by atoms with E-state index in [1.54, 1.807) is 0 Å². The minimum atomic E-state index is -5.69. The van der Waals surface area contributed by atoms with Gasteiger partial charge in [0.25, 0.3) is 0 Å². The monoisotopic (exact) mass is 565 g/mol. The number of phosphoric ester groups is 1. The molecule has 0 aromatic carbocycles. The van der Waals surface area contributed by atoms with Crippen LogP contribution in [0.5, 0.6) is 0 Å². The maximum Gasteiger partial charge on any atom is 0.490 e. The van der Waals surface area contributed by atoms with Gasteiger partial charge in [0.2, 0.25) is 5.91 Å². The van der Waals surface area contributed by atoms with Crippen LogP contribution in [0.3, 0.4) is 0 Å². The molecule has 2 heterocycles. The molecule has 0 spiro atoms. The van der Waals surface area contributed by atoms with E-state index in [0.29, 0.717) is 6.42 Å². The van der Waals surface area contributed by atoms with Crippen LogP contribution in [0.2, 0.25) is 0 Å². The molecule has 1 aliphatic rings. The first-order valence-corrected chi connectivity index (χ1v) is 14.6. The Balaban J connectivity index is 1.95. The van der Waals surface area contributed by atoms with E-state index in [4.69, 9.17) is 19.4 Å². The van der Waals surface area contributed by atoms with Crippen molar-refractivity contribution in [1.82, 2.24) is 9.55 Å². The van der Waals surface area contributed by atoms with Crippen molar-refractivity contribution in [3.8, 4) is 0 Å². The number of anilines is 1. The minimum Gasteiger partial charge on any atom is -0.390 e. The van der Waals surface area contributed by atoms with Crippen molar-refractivity contribution in [2.75, 3.05) is 11.9 Å². The topological polar surface area (TPSA) is 253 Å². The van der Waals surface area contributed by atoms with E-state index < -0.39 is 54.2 Å². The molecule has 1 fully saturated rings. The number of nitrogens with one attached hydrogen (secondary N) is 1. The van der Waals surface area contributed by atoms with Gasteiger partial charge in [-0.05, 0) is 12.5 Å². The predicted octanol–water partition coefficient (Wildman–Crippen LogP) is 0.754. The highest BCUT2D eigenvalue weighted by atomic mass is 31.3. The average molecular weight is 565 g/mol. The molecule has 6 N–H and O–H groups in total. The molecule has 0 saturated carbocycles. The normalized spacial score (nSPS) is 24.0. The summed E-state index contributed by atoms with van der Waals surface area (Å²) in [5.41, 5.74) is -0.818. The maximum absolute atomic E-state index is 12.3. The van der Waals surface area contributed by atoms with E-state index in [1.807, 2.05) is 6.92 Å². The summed E-state index contributed by atoms with van der Waals surface area (Å²) >= 11 is 0. The lowest BCUT2D eigenvalue weighted by atomic mass is 10.2. The molecular weight excluding hydrogens is 539 g/mol. The number of hydrogen-bond acceptors (Lipinski definition) is 11. The molecule has 20 heteroatoms. The first kappa shape index (κ1) is 29.9. The molecule has 1 aromatic rings. The van der Waals surface area contributed by atoms with Crippen LogP contribution in [-0.2, 0) is 36.4 Å². The highest BCUT2D eigenvalue weighted by molar-refractivity contribution is 7.66. The number of carbonyl (C=O) groups excluding carboxylic acids is 1. The van der Waals surface area contributed by atoms with Crippen molar-refractivity contribution in [2.24, 2.45) is 0 Å². The second-order valence-corrected chi connectivity index (χ2v) is 11.7. The summed E-state index contributed by atoms with van der Waals surface area (Å²) in [4.78, 5) is 63.6. The summed E-state index contributed by atoms with van der Waals surface area (Å²) in [5, 5.41) is 12.6. The van der Waals surface area contributed by atoms with Gasteiger partial charge in [-0.15, -0.1) is 0 Å². The van der Waals surface area contributed by atoms with Gasteiger partial charge < -0.3 is 34.7 Å². The standard InChI is InChI=1S/C15H26N3O14P3/c1-2-3-4-5-13(20)16-12-6-7-18(15(21)17-12)14-8-10(19)11(30-14)9-29-34(25,26)32-35(27,28)31-33(22,23)24/h6-7,10-11,14,19H,2-5,8-9H2,1H3,(H,25,26)(H,27,28)(H2,22,23,24)(H,16,17,20,21)/t10-,11-,14-/m1/s1. The molecular formula is C15H26N3O14P3. The van der Waals surface area contributed by atoms with E-state index in [0.717, 1.165) is 17.4 Å². The second-order valence-electron chi connectivity index (χ2n) is 7.33. The van der Waals surface area contributed by atoms with Crippen LogP contribution >= 0.6 is 23.5 Å². The lowest BCUT2D eigenvalue weighted by Crippen LogP contribution is -2.29. The van der Waals surface area contributed by atoms with Crippen molar-refractivity contribution in [3.63, 3.8) is 0 Å². The van der Waals surface area contributed by atoms with Crippen molar-refractivity contribution in [3.05, 3.63) is 22.7 Å². The zero-order valence-electron chi connectivity index (χ0n) is 18.3. The van der Waals surface area contributed by atoms with E-state index in [9.17, 15) is 33.3 Å². The smallest absolute Gasteiger partial charge is 0.390 e. The molecule has 0 radical (unpaired) electrons. The van der Waals surface area contributed by atoms with E-state index in [-0.39, 0.29) is 24.6 Å². The summed E-state index contributed by atoms with van der Waals surface area (Å²) in [6.45, 7) is 1.11. The van der Waals surface area contributed by atoms with Crippen LogP contribution in [0.4, 0.5) is 5.82 Å². The third-order valence-corrected chi connectivity index (χ3v) is 8.24. The summed E-state index contributed by atoms with van der Waals surface area (Å²) in [5.74, 6) is -0.280. The Labute approximate surface area is 198 Å². The fraction of sp³-hybridized carbons (Fsp3) is 0.667. The number of phosphoric acid groups is 3. The van der Waals surface area contributed by atoms with Crippen molar-refractivity contribution >= 4 is 35.2 Å². The van der Waals surface area contributed by atoms with Gasteiger partial charge in [-0.1, -0.05) is 19.8 Å². The molecule has 0 aliphatic carbocycles. The number of unbranched alkanes of at least 4 members (excludes halogenated alkanes) is 2. The summed E-state index contributed by atoms with van der Waals surface area (Å²) < 4.78 is 51.8. The zero-order valence-corrected chi connectivity index (χ0v) is 21.0. The lowest BCUT2D eigenvalue weighted by molar-refractivity contribution is -0.116. The van der Waals surface area contributed by atoms with Gasteiger partial charge in [0.15, 0.2) is 0 Å². The van der Waals surface area contributed by atoms with Gasteiger partial charge in [-0.2, -0.15) is 13.6 Å². The Bertz CT molecular complexity index is 1090. The van der Waals surface area contributed by atoms with Gasteiger partial charge in [0, 0.05) is 19.0 Å². The summed E-state index contributed by atoms with van der Waals surface area (Å²) in [7, 11) is -16.6. The molecule has 1 saturated heterocycles. The molecule has 200 valence electrons. The molecule has 35 heavy (non-hydrogen) atoms. The minimum absolute atomic E-state index is 0.0236. The van der Waals surface area contributed by atoms with Gasteiger partial charge in [-0.3, -0.25) is 13.9 Å². The third-order valence-electron chi connectivity index (χ3n) is 4.44. The summed E-state index contributed by atoms with van der Waals surface area (Å²) in [6.07, 6.45) is 0.168. The lowest BCUT2D eigenvalue weighted by Gasteiger charge is -2.19. The van der Waals surface area contributed by atoms with Crippen LogP contribution in [0.1, 0.15) is 45.3 Å². The Morgan fingerprint density at radius 3 is 2.49 bits per heavy atom. The predicted molar refractivity (Wildman–Crippen MR) is 116 cm³/mol. The third kappa shape index (κ3) is 10.3. The first-order chi connectivity index (χ1) is 16.1. The van der Waals surface area contributed by atoms with Gasteiger partial charge in [-0.25, -0.2) is 18.5 Å². The average Bonchev–Trinajstić information content (AvgIpc) is 3.04. The number of amides is 1. The van der Waals surface area contributed by atoms with Crippen LogP contribution in [-0.4, -0.2) is 59.0 Å². The van der Waals surface area contributed by atoms with E-state index in [2.05, 4.69) is 23.4 Å². The molecule has 5 atom stereocenters. The van der Waals surface area contributed by atoms with E-state index >= 15 is 0 Å². The second kappa shape index (κ2) is 12.3. The Hall–Kier alpha value is -1.32. The molecule has 2 rings (SSSR count). The largest absolute Gasteiger partial charge is 0.490 e. The number of nitrogens with zero attached hydrogens (tertiary/aromatic N) is 2. The fourth-order valence-corrected chi connectivity index (χ4v) is 5.98. The SMILES string of the molecule is CCCCCC(=O)Nc1ccn([C@H]2C[C@@H](O)[C@@H](COP(=O)(O)OP(=O)(O)OP(=O)(O)O)O2)c(=O)n1. The quantitative estimate of drug-likeness (QED) is 0.143. The maximum atomic E-state index is 12.3.